The molecule has 7 heteroatoms. The summed E-state index contributed by atoms with van der Waals surface area (Å²) in [4.78, 5) is 22.7. The van der Waals surface area contributed by atoms with E-state index in [1.165, 1.54) is 12.8 Å². The van der Waals surface area contributed by atoms with Crippen molar-refractivity contribution in [1.82, 2.24) is 24.9 Å². The monoisotopic (exact) mass is 383 g/mol. The number of pyridine rings is 1. The first-order valence-electron chi connectivity index (χ1n) is 9.77. The summed E-state index contributed by atoms with van der Waals surface area (Å²) in [6.45, 7) is 0. The van der Waals surface area contributed by atoms with Crippen molar-refractivity contribution in [1.29, 1.82) is 0 Å². The molecule has 0 aliphatic heterocycles. The van der Waals surface area contributed by atoms with Crippen LogP contribution in [-0.2, 0) is 6.42 Å². The molecule has 7 nitrogen and oxygen atoms in total. The molecule has 0 atom stereocenters. The van der Waals surface area contributed by atoms with Gasteiger partial charge in [-0.2, -0.15) is 0 Å². The van der Waals surface area contributed by atoms with Gasteiger partial charge < -0.3 is 10.6 Å². The van der Waals surface area contributed by atoms with Crippen LogP contribution in [0.5, 0.6) is 0 Å². The summed E-state index contributed by atoms with van der Waals surface area (Å²) in [5, 5.41) is 7.35. The minimum Gasteiger partial charge on any atom is -0.357 e. The van der Waals surface area contributed by atoms with E-state index in [2.05, 4.69) is 30.6 Å². The van der Waals surface area contributed by atoms with Gasteiger partial charge in [0.05, 0.1) is 28.8 Å². The zero-order valence-corrected chi connectivity index (χ0v) is 16.1. The summed E-state index contributed by atoms with van der Waals surface area (Å²) in [5.41, 5.74) is 4.61. The van der Waals surface area contributed by atoms with Crippen LogP contribution in [0.4, 0.5) is 17.6 Å². The second kappa shape index (κ2) is 7.43. The van der Waals surface area contributed by atoms with Crippen LogP contribution in [0.25, 0.3) is 22.2 Å². The molecule has 3 heterocycles. The van der Waals surface area contributed by atoms with Crippen LogP contribution in [-0.4, -0.2) is 32.0 Å². The third-order valence-electron chi connectivity index (χ3n) is 5.05. The summed E-state index contributed by atoms with van der Waals surface area (Å²) in [6.07, 6.45) is 8.88. The van der Waals surface area contributed by atoms with Crippen molar-refractivity contribution < 1.29 is 0 Å². The van der Waals surface area contributed by atoms with Gasteiger partial charge in [0, 0.05) is 30.4 Å². The number of anilines is 3. The number of nitrogens with zero attached hydrogens (tertiary/aromatic N) is 5. The molecule has 0 saturated heterocycles. The molecule has 1 aliphatic carbocycles. The fourth-order valence-electron chi connectivity index (χ4n) is 3.34. The van der Waals surface area contributed by atoms with E-state index in [0.717, 1.165) is 45.9 Å². The summed E-state index contributed by atoms with van der Waals surface area (Å²) in [7, 11) is 1.83. The Balaban J connectivity index is 1.46. The third kappa shape index (κ3) is 3.85. The van der Waals surface area contributed by atoms with Gasteiger partial charge >= 0.3 is 0 Å². The lowest BCUT2D eigenvalue weighted by Gasteiger charge is -2.11. The van der Waals surface area contributed by atoms with Crippen molar-refractivity contribution in [3.05, 3.63) is 60.7 Å². The molecule has 1 saturated carbocycles. The second-order valence-corrected chi connectivity index (χ2v) is 7.26. The van der Waals surface area contributed by atoms with E-state index in [0.29, 0.717) is 11.9 Å². The van der Waals surface area contributed by atoms with Gasteiger partial charge in [-0.3, -0.25) is 4.98 Å². The van der Waals surface area contributed by atoms with Crippen molar-refractivity contribution in [2.75, 3.05) is 17.7 Å². The van der Waals surface area contributed by atoms with Crippen LogP contribution in [0.1, 0.15) is 18.5 Å². The molecule has 0 unspecified atom stereocenters. The van der Waals surface area contributed by atoms with E-state index in [4.69, 9.17) is 4.98 Å². The first-order valence-corrected chi connectivity index (χ1v) is 9.77. The average molecular weight is 383 g/mol. The van der Waals surface area contributed by atoms with E-state index >= 15 is 0 Å². The van der Waals surface area contributed by atoms with Crippen LogP contribution in [0.15, 0.2) is 55.0 Å². The topological polar surface area (TPSA) is 88.5 Å². The SMILES string of the molecule is CNc1ncc(-c2ccnc(Nc3cnc4ccccc4c3)n2)c(CC2CC2)n1. The maximum absolute atomic E-state index is 4.71. The predicted molar refractivity (Wildman–Crippen MR) is 114 cm³/mol. The Morgan fingerprint density at radius 3 is 2.72 bits per heavy atom. The normalized spacial score (nSPS) is 13.4. The third-order valence-corrected chi connectivity index (χ3v) is 5.05. The van der Waals surface area contributed by atoms with Gasteiger partial charge in [-0.15, -0.1) is 0 Å². The standard InChI is InChI=1S/C22H21N7/c1-23-21-26-13-17(20(29-21)10-14-6-7-14)19-8-9-24-22(28-19)27-16-11-15-4-2-3-5-18(15)25-12-16/h2-5,8-9,11-14H,6-7,10H2,1H3,(H,23,26,29)(H,24,27,28). The molecule has 2 N–H and O–H groups in total. The highest BCUT2D eigenvalue weighted by Gasteiger charge is 2.24. The van der Waals surface area contributed by atoms with Gasteiger partial charge in [-0.05, 0) is 43.4 Å². The lowest BCUT2D eigenvalue weighted by Crippen LogP contribution is -2.05. The van der Waals surface area contributed by atoms with Crippen LogP contribution < -0.4 is 10.6 Å². The minimum atomic E-state index is 0.523. The van der Waals surface area contributed by atoms with Crippen molar-refractivity contribution >= 4 is 28.5 Å². The Morgan fingerprint density at radius 2 is 1.86 bits per heavy atom. The molecule has 0 amide bonds. The molecule has 4 aromatic rings. The fraction of sp³-hybridized carbons (Fsp3) is 0.227. The van der Waals surface area contributed by atoms with Crippen LogP contribution in [0.2, 0.25) is 0 Å². The molecule has 1 aliphatic rings. The van der Waals surface area contributed by atoms with Gasteiger partial charge in [0.2, 0.25) is 11.9 Å². The molecule has 29 heavy (non-hydrogen) atoms. The summed E-state index contributed by atoms with van der Waals surface area (Å²) >= 11 is 0. The molecule has 0 radical (unpaired) electrons. The zero-order valence-electron chi connectivity index (χ0n) is 16.1. The number of para-hydroxylation sites is 1. The van der Waals surface area contributed by atoms with Gasteiger partial charge in [-0.25, -0.2) is 19.9 Å². The molecular formula is C22H21N7. The maximum Gasteiger partial charge on any atom is 0.227 e. The highest BCUT2D eigenvalue weighted by molar-refractivity contribution is 5.82. The first kappa shape index (κ1) is 17.5. The Hall–Kier alpha value is -3.61. The molecule has 3 aromatic heterocycles. The van der Waals surface area contributed by atoms with E-state index in [9.17, 15) is 0 Å². The summed E-state index contributed by atoms with van der Waals surface area (Å²) < 4.78 is 0. The zero-order chi connectivity index (χ0) is 19.6. The molecular weight excluding hydrogens is 362 g/mol. The average Bonchev–Trinajstić information content (AvgIpc) is 3.58. The number of fused-ring (bicyclic) bond motifs is 1. The smallest absolute Gasteiger partial charge is 0.227 e. The first-order chi connectivity index (χ1) is 14.3. The molecule has 5 rings (SSSR count). The Kier molecular flexibility index (Phi) is 4.48. The quantitative estimate of drug-likeness (QED) is 0.515. The maximum atomic E-state index is 4.71. The number of hydrogen-bond donors (Lipinski definition) is 2. The van der Waals surface area contributed by atoms with Crippen molar-refractivity contribution in [3.8, 4) is 11.3 Å². The van der Waals surface area contributed by atoms with E-state index in [-0.39, 0.29) is 0 Å². The number of aromatic nitrogens is 5. The Bertz CT molecular complexity index is 1170. The van der Waals surface area contributed by atoms with Crippen LogP contribution in [0, 0.1) is 5.92 Å². The van der Waals surface area contributed by atoms with E-state index < -0.39 is 0 Å². The second-order valence-electron chi connectivity index (χ2n) is 7.26. The predicted octanol–water partition coefficient (Wildman–Crippen LogP) is 4.22. The minimum absolute atomic E-state index is 0.523. The van der Waals surface area contributed by atoms with Crippen LogP contribution in [0.3, 0.4) is 0 Å². The highest BCUT2D eigenvalue weighted by atomic mass is 15.1. The Morgan fingerprint density at radius 1 is 0.966 bits per heavy atom. The lowest BCUT2D eigenvalue weighted by molar-refractivity contribution is 0.801. The molecule has 1 aromatic carbocycles. The molecule has 0 spiro atoms. The Labute approximate surface area is 168 Å². The number of benzene rings is 1. The largest absolute Gasteiger partial charge is 0.357 e. The molecule has 144 valence electrons. The van der Waals surface area contributed by atoms with Gasteiger partial charge in [0.15, 0.2) is 0 Å². The van der Waals surface area contributed by atoms with Gasteiger partial charge in [-0.1, -0.05) is 18.2 Å². The highest BCUT2D eigenvalue weighted by Crippen LogP contribution is 2.35. The number of rotatable bonds is 6. The van der Waals surface area contributed by atoms with Crippen molar-refractivity contribution in [2.45, 2.75) is 19.3 Å². The van der Waals surface area contributed by atoms with Gasteiger partial charge in [0.25, 0.3) is 0 Å². The van der Waals surface area contributed by atoms with E-state index in [1.54, 1.807) is 12.4 Å². The van der Waals surface area contributed by atoms with Crippen LogP contribution >= 0.6 is 0 Å². The molecule has 1 fully saturated rings. The summed E-state index contributed by atoms with van der Waals surface area (Å²) in [6, 6.07) is 12.0. The van der Waals surface area contributed by atoms with Crippen molar-refractivity contribution in [2.24, 2.45) is 5.92 Å². The van der Waals surface area contributed by atoms with Gasteiger partial charge in [0.1, 0.15) is 0 Å². The molecule has 0 bridgehead atoms. The number of hydrogen-bond acceptors (Lipinski definition) is 7. The van der Waals surface area contributed by atoms with Crippen molar-refractivity contribution in [3.63, 3.8) is 0 Å². The van der Waals surface area contributed by atoms with E-state index in [1.807, 2.05) is 49.6 Å². The summed E-state index contributed by atoms with van der Waals surface area (Å²) in [5.74, 6) is 1.88. The number of nitrogens with one attached hydrogen (secondary N) is 2. The fourth-order valence-corrected chi connectivity index (χ4v) is 3.34. The lowest BCUT2D eigenvalue weighted by atomic mass is 10.1.